The zero-order valence-electron chi connectivity index (χ0n) is 40.8. The molecule has 3 aromatic heterocycles. The molecule has 7 heterocycles. The summed E-state index contributed by atoms with van der Waals surface area (Å²) in [6.07, 6.45) is 9.94. The Morgan fingerprint density at radius 2 is 1.70 bits per heavy atom. The molecule has 70 heavy (non-hydrogen) atoms. The Labute approximate surface area is 412 Å². The van der Waals surface area contributed by atoms with Gasteiger partial charge in [-0.3, -0.25) is 23.9 Å². The second-order valence-corrected chi connectivity index (χ2v) is 21.4. The van der Waals surface area contributed by atoms with Crippen LogP contribution < -0.4 is 19.9 Å². The molecule has 18 heteroatoms. The lowest BCUT2D eigenvalue weighted by atomic mass is 9.49. The fourth-order valence-electron chi connectivity index (χ4n) is 12.4. The maximum atomic E-state index is 14.8. The molecule has 0 bridgehead atoms. The lowest BCUT2D eigenvalue weighted by Gasteiger charge is -2.63. The minimum Gasteiger partial charge on any atom is -0.489 e. The lowest BCUT2D eigenvalue weighted by Crippen LogP contribution is -2.74. The number of alkyl halides is 2. The molecule has 10 rings (SSSR count). The zero-order valence-corrected chi connectivity index (χ0v) is 41.5. The number of nitrogens with zero attached hydrogens (tertiary/aromatic N) is 11. The second kappa shape index (κ2) is 18.6. The van der Waals surface area contributed by atoms with Gasteiger partial charge in [-0.15, -0.1) is 0 Å². The minimum atomic E-state index is -2.67. The summed E-state index contributed by atoms with van der Waals surface area (Å²) >= 11 is 6.29. The van der Waals surface area contributed by atoms with Gasteiger partial charge < -0.3 is 24.8 Å². The van der Waals surface area contributed by atoms with Crippen LogP contribution in [0, 0.1) is 22.2 Å². The first-order valence-corrected chi connectivity index (χ1v) is 24.9. The Bertz CT molecular complexity index is 2830. The number of hydrogen-bond acceptors (Lipinski definition) is 11. The van der Waals surface area contributed by atoms with Gasteiger partial charge in [-0.25, -0.2) is 18.7 Å². The van der Waals surface area contributed by atoms with E-state index in [4.69, 9.17) is 31.4 Å². The Kier molecular flexibility index (Phi) is 12.6. The molecule has 1 aliphatic carbocycles. The number of rotatable bonds is 10. The molecular weight excluding hydrogens is 914 g/mol. The van der Waals surface area contributed by atoms with E-state index in [9.17, 15) is 23.6 Å². The number of aromatic nitrogens is 6. The van der Waals surface area contributed by atoms with E-state index in [2.05, 4.69) is 63.6 Å². The van der Waals surface area contributed by atoms with Crippen molar-refractivity contribution in [3.63, 3.8) is 0 Å². The van der Waals surface area contributed by atoms with E-state index >= 15 is 0 Å². The molecule has 1 atom stereocenters. The van der Waals surface area contributed by atoms with Crippen LogP contribution in [0.15, 0.2) is 55.1 Å². The molecule has 3 fully saturated rings. The van der Waals surface area contributed by atoms with Crippen molar-refractivity contribution in [2.75, 3.05) is 49.1 Å². The average Bonchev–Trinajstić information content (AvgIpc) is 3.97. The van der Waals surface area contributed by atoms with Gasteiger partial charge in [0.05, 0.1) is 34.9 Å². The van der Waals surface area contributed by atoms with Crippen molar-refractivity contribution in [3.05, 3.63) is 93.7 Å². The molecule has 2 amide bonds. The Morgan fingerprint density at radius 3 is 2.37 bits per heavy atom. The number of hydrogen-bond donors (Lipinski definition) is 1. The summed E-state index contributed by atoms with van der Waals surface area (Å²) in [6.45, 7) is 15.0. The third-order valence-corrected chi connectivity index (χ3v) is 16.1. The van der Waals surface area contributed by atoms with Crippen molar-refractivity contribution in [3.8, 4) is 22.9 Å². The molecule has 0 radical (unpaired) electrons. The summed E-state index contributed by atoms with van der Waals surface area (Å²) in [6, 6.07) is 11.0. The third kappa shape index (κ3) is 8.64. The zero-order chi connectivity index (χ0) is 49.2. The van der Waals surface area contributed by atoms with Crippen molar-refractivity contribution in [2.24, 2.45) is 17.9 Å². The molecule has 5 aromatic rings. The number of nitrogens with one attached hydrogen (secondary N) is 1. The number of aryl methyl sites for hydroxylation is 2. The number of carbonyl (C=O) groups excluding carboxylic acids is 2. The Morgan fingerprint density at radius 1 is 0.943 bits per heavy atom. The summed E-state index contributed by atoms with van der Waals surface area (Å²) in [4.78, 5) is 44.6. The fraction of sp³-hybridized carbons (Fsp3) is 0.519. The van der Waals surface area contributed by atoms with Gasteiger partial charge in [0.25, 0.3) is 12.3 Å². The standard InChI is InChI=1S/C52H61ClF2N12O3/c1-31(68)64-20-15-43-41(30-64)46(66-17-7-9-32-21-39(35-27-59-62(6)28-35)40(45(54)55)23-44(32)66)61-67(43)36-13-18-63(19-14-36)37-10-8-16-65(29-37)50-57-25-34(26-58-50)47(69)60-48-51(2,3)49(52(48,4)5)70-38-12-11-33(24-56)42(53)22-38/h11-12,21-23,25-28,36-37,45,48-49H,7-10,13-20,29-30H2,1-6H3,(H,60,69)/t37-,48?,49?/m1/s1. The van der Waals surface area contributed by atoms with Gasteiger partial charge in [-0.1, -0.05) is 39.3 Å². The van der Waals surface area contributed by atoms with Crippen LogP contribution in [0.2, 0.25) is 5.02 Å². The van der Waals surface area contributed by atoms with Crippen LogP contribution >= 0.6 is 11.6 Å². The summed E-state index contributed by atoms with van der Waals surface area (Å²) in [5.41, 5.74) is 5.03. The molecule has 0 spiro atoms. The van der Waals surface area contributed by atoms with E-state index < -0.39 is 17.3 Å². The van der Waals surface area contributed by atoms with Crippen molar-refractivity contribution < 1.29 is 23.1 Å². The number of piperidine rings is 2. The van der Waals surface area contributed by atoms with Crippen LogP contribution in [-0.2, 0) is 31.2 Å². The number of nitriles is 1. The van der Waals surface area contributed by atoms with Gasteiger partial charge in [-0.2, -0.15) is 15.5 Å². The predicted molar refractivity (Wildman–Crippen MR) is 262 cm³/mol. The number of benzene rings is 2. The summed E-state index contributed by atoms with van der Waals surface area (Å²) in [5.74, 6) is 1.73. The molecular formula is C52H61ClF2N12O3. The highest BCUT2D eigenvalue weighted by atomic mass is 35.5. The van der Waals surface area contributed by atoms with Gasteiger partial charge in [0, 0.05) is 135 Å². The predicted octanol–water partition coefficient (Wildman–Crippen LogP) is 8.44. The molecule has 0 unspecified atom stereocenters. The monoisotopic (exact) mass is 974 g/mol. The highest BCUT2D eigenvalue weighted by Gasteiger charge is 2.64. The highest BCUT2D eigenvalue weighted by Crippen LogP contribution is 2.56. The van der Waals surface area contributed by atoms with Crippen LogP contribution in [-0.4, -0.2) is 109 Å². The van der Waals surface area contributed by atoms with E-state index in [0.29, 0.717) is 71.1 Å². The number of halogens is 3. The van der Waals surface area contributed by atoms with Crippen LogP contribution in [0.4, 0.5) is 26.2 Å². The minimum absolute atomic E-state index is 0.0120. The maximum absolute atomic E-state index is 14.8. The molecule has 4 aliphatic heterocycles. The summed E-state index contributed by atoms with van der Waals surface area (Å²) in [5, 5.41) is 22.5. The smallest absolute Gasteiger partial charge is 0.264 e. The van der Waals surface area contributed by atoms with Gasteiger partial charge >= 0.3 is 0 Å². The quantitative estimate of drug-likeness (QED) is 0.144. The molecule has 1 N–H and O–H groups in total. The number of amides is 2. The number of fused-ring (bicyclic) bond motifs is 2. The van der Waals surface area contributed by atoms with Crippen LogP contribution in [0.3, 0.4) is 0 Å². The first-order valence-electron chi connectivity index (χ1n) is 24.6. The normalized spacial score (nSPS) is 22.2. The van der Waals surface area contributed by atoms with Crippen molar-refractivity contribution >= 4 is 40.9 Å². The maximum Gasteiger partial charge on any atom is 0.264 e. The van der Waals surface area contributed by atoms with Crippen molar-refractivity contribution in [1.82, 2.24) is 44.6 Å². The number of anilines is 3. The van der Waals surface area contributed by atoms with E-state index in [0.717, 1.165) is 93.0 Å². The highest BCUT2D eigenvalue weighted by molar-refractivity contribution is 6.31. The van der Waals surface area contributed by atoms with Gasteiger partial charge in [0.2, 0.25) is 11.9 Å². The van der Waals surface area contributed by atoms with E-state index in [1.807, 2.05) is 11.0 Å². The lowest BCUT2D eigenvalue weighted by molar-refractivity contribution is -0.164. The fourth-order valence-corrected chi connectivity index (χ4v) is 12.6. The van der Waals surface area contributed by atoms with Gasteiger partial charge in [0.1, 0.15) is 17.9 Å². The summed E-state index contributed by atoms with van der Waals surface area (Å²) < 4.78 is 39.9. The second-order valence-electron chi connectivity index (χ2n) is 21.0. The van der Waals surface area contributed by atoms with E-state index in [1.54, 1.807) is 67.7 Å². The number of ether oxygens (including phenoxy) is 1. The SMILES string of the molecule is CC(=O)N1CCc2c(c(N3CCCc4cc(-c5cnn(C)c5)c(C(F)F)cc43)nn2C2CCN([C@@H]3CCCN(c4ncc(C(=O)NC5C(C)(C)C(Oc6ccc(C#N)c(Cl)c6)C5(C)C)cn4)C3)CC2)C1. The number of likely N-dealkylation sites (tertiary alicyclic amines) is 1. The summed E-state index contributed by atoms with van der Waals surface area (Å²) in [7, 11) is 1.79. The molecule has 1 saturated carbocycles. The number of carbonyl (C=O) groups is 2. The largest absolute Gasteiger partial charge is 0.489 e. The Balaban J connectivity index is 0.797. The Hall–Kier alpha value is -6.12. The first kappa shape index (κ1) is 47.6. The first-order chi connectivity index (χ1) is 33.5. The van der Waals surface area contributed by atoms with Crippen LogP contribution in [0.5, 0.6) is 5.75 Å². The van der Waals surface area contributed by atoms with Crippen molar-refractivity contribution in [2.45, 2.75) is 117 Å². The van der Waals surface area contributed by atoms with E-state index in [-0.39, 0.29) is 35.6 Å². The van der Waals surface area contributed by atoms with Crippen LogP contribution in [0.25, 0.3) is 11.1 Å². The van der Waals surface area contributed by atoms with Gasteiger partial charge in [-0.05, 0) is 73.9 Å². The molecule has 2 saturated heterocycles. The average molecular weight is 976 g/mol. The van der Waals surface area contributed by atoms with Crippen LogP contribution in [0.1, 0.15) is 117 Å². The van der Waals surface area contributed by atoms with E-state index in [1.165, 1.54) is 0 Å². The molecule has 5 aliphatic rings. The topological polar surface area (TPSA) is 154 Å². The van der Waals surface area contributed by atoms with Gasteiger partial charge in [0.15, 0.2) is 5.82 Å². The third-order valence-electron chi connectivity index (χ3n) is 15.8. The molecule has 368 valence electrons. The molecule has 2 aromatic carbocycles. The molecule has 15 nitrogen and oxygen atoms in total. The van der Waals surface area contributed by atoms with Crippen molar-refractivity contribution in [1.29, 1.82) is 5.26 Å².